The zero-order valence-electron chi connectivity index (χ0n) is 22.6. The van der Waals surface area contributed by atoms with Crippen LogP contribution in [0.3, 0.4) is 0 Å². The van der Waals surface area contributed by atoms with Gasteiger partial charge in [-0.3, -0.25) is 0 Å². The molecule has 2 N–H and O–H groups in total. The van der Waals surface area contributed by atoms with Gasteiger partial charge in [-0.2, -0.15) is 5.10 Å². The molecule has 14 heteroatoms. The van der Waals surface area contributed by atoms with Crippen LogP contribution in [0.5, 0.6) is 5.75 Å². The number of sulfone groups is 1. The van der Waals surface area contributed by atoms with Gasteiger partial charge in [0.25, 0.3) is 0 Å². The second-order valence-electron chi connectivity index (χ2n) is 9.49. The van der Waals surface area contributed by atoms with E-state index in [9.17, 15) is 36.2 Å². The van der Waals surface area contributed by atoms with Crippen LogP contribution in [0.15, 0.2) is 76.2 Å². The third kappa shape index (κ3) is 6.30. The largest absolute Gasteiger partial charge is 0.573 e. The normalized spacial score (nSPS) is 12.1. The van der Waals surface area contributed by atoms with E-state index in [1.165, 1.54) is 22.9 Å². The molecule has 3 aromatic carbocycles. The number of oxazole rings is 1. The minimum atomic E-state index is -4.87. The number of alkyl halides is 3. The average Bonchev–Trinajstić information content (AvgIpc) is 3.58. The van der Waals surface area contributed by atoms with Crippen LogP contribution < -0.4 is 4.74 Å². The molecule has 0 aliphatic rings. The molecular formula is C29H23F4N3O6S. The lowest BCUT2D eigenvalue weighted by Crippen LogP contribution is -2.16. The summed E-state index contributed by atoms with van der Waals surface area (Å²) in [6.45, 7) is 0.430. The third-order valence-electron chi connectivity index (χ3n) is 6.44. The molecule has 0 amide bonds. The highest BCUT2D eigenvalue weighted by Gasteiger charge is 2.31. The summed E-state index contributed by atoms with van der Waals surface area (Å²) in [5, 5.41) is 23.5. The molecular weight excluding hydrogens is 594 g/mol. The number of aryl methyl sites for hydroxylation is 1. The van der Waals surface area contributed by atoms with E-state index >= 15 is 0 Å². The van der Waals surface area contributed by atoms with Crippen LogP contribution in [-0.4, -0.2) is 46.0 Å². The number of aliphatic hydroxyl groups is 2. The topological polar surface area (TPSA) is 128 Å². The summed E-state index contributed by atoms with van der Waals surface area (Å²) in [6, 6.07) is 13.8. The van der Waals surface area contributed by atoms with Gasteiger partial charge in [0.15, 0.2) is 21.5 Å². The van der Waals surface area contributed by atoms with Crippen LogP contribution in [0.1, 0.15) is 17.1 Å². The summed E-state index contributed by atoms with van der Waals surface area (Å²) in [5.41, 5.74) is 2.03. The molecule has 0 atom stereocenters. The minimum absolute atomic E-state index is 0.186. The maximum atomic E-state index is 15.0. The van der Waals surface area contributed by atoms with Crippen molar-refractivity contribution in [3.8, 4) is 45.1 Å². The summed E-state index contributed by atoms with van der Waals surface area (Å²) in [6.07, 6.45) is -2.37. The SMILES string of the molecule is Cc1nc(-c2ccc(OC(F)(F)F)cc2)c(-c2cc(-c3cc(F)c(CO)c(S(C)(=O)=O)c3)ccc2-n2ccc(CO)n2)o1. The molecule has 0 aliphatic carbocycles. The van der Waals surface area contributed by atoms with Gasteiger partial charge in [0.2, 0.25) is 0 Å². The Bertz CT molecular complexity index is 1920. The second kappa shape index (κ2) is 11.3. The van der Waals surface area contributed by atoms with E-state index in [4.69, 9.17) is 4.42 Å². The quantitative estimate of drug-likeness (QED) is 0.216. The molecule has 0 radical (unpaired) electrons. The van der Waals surface area contributed by atoms with Gasteiger partial charge in [-0.25, -0.2) is 22.5 Å². The van der Waals surface area contributed by atoms with Gasteiger partial charge in [-0.05, 0) is 65.7 Å². The molecule has 5 aromatic rings. The van der Waals surface area contributed by atoms with Crippen molar-refractivity contribution < 1.29 is 45.3 Å². The van der Waals surface area contributed by atoms with Crippen molar-refractivity contribution >= 4 is 9.84 Å². The van der Waals surface area contributed by atoms with Crippen LogP contribution in [-0.2, 0) is 23.1 Å². The molecule has 0 spiro atoms. The fourth-order valence-corrected chi connectivity index (χ4v) is 5.51. The third-order valence-corrected chi connectivity index (χ3v) is 7.60. The van der Waals surface area contributed by atoms with E-state index in [0.29, 0.717) is 28.1 Å². The van der Waals surface area contributed by atoms with Gasteiger partial charge in [0, 0.05) is 36.1 Å². The minimum Gasteiger partial charge on any atom is -0.440 e. The standard InChI is InChI=1S/C29H23F4N3O6S/c1-16-34-27(17-3-6-21(7-4-17)42-29(31,32)33)28(41-16)22-11-18(5-8-25(22)36-10-9-20(14-37)35-36)19-12-24(30)23(15-38)26(13-19)43(2,39)40/h3-13,37-38H,14-15H2,1-2H3. The van der Waals surface area contributed by atoms with Crippen molar-refractivity contribution in [3.05, 3.63) is 89.8 Å². The second-order valence-corrected chi connectivity index (χ2v) is 11.5. The van der Waals surface area contributed by atoms with Crippen LogP contribution in [0.25, 0.3) is 39.4 Å². The summed E-state index contributed by atoms with van der Waals surface area (Å²) in [7, 11) is -3.91. The zero-order valence-corrected chi connectivity index (χ0v) is 23.4. The summed E-state index contributed by atoms with van der Waals surface area (Å²) < 4.78 is 89.2. The number of halogens is 4. The number of ether oxygens (including phenoxy) is 1. The Balaban J connectivity index is 1.71. The number of benzene rings is 3. The Hall–Kier alpha value is -4.53. The van der Waals surface area contributed by atoms with Gasteiger partial charge < -0.3 is 19.4 Å². The zero-order chi connectivity index (χ0) is 31.1. The molecule has 0 fully saturated rings. The Morgan fingerprint density at radius 1 is 0.953 bits per heavy atom. The highest BCUT2D eigenvalue weighted by atomic mass is 32.2. The predicted molar refractivity (Wildman–Crippen MR) is 146 cm³/mol. The Kier molecular flexibility index (Phi) is 7.86. The summed E-state index contributed by atoms with van der Waals surface area (Å²) in [4.78, 5) is 4.07. The first-order chi connectivity index (χ1) is 20.3. The molecule has 0 saturated carbocycles. The van der Waals surface area contributed by atoms with Gasteiger partial charge in [0.1, 0.15) is 17.3 Å². The first kappa shape index (κ1) is 29.9. The lowest BCUT2D eigenvalue weighted by atomic mass is 9.97. The summed E-state index contributed by atoms with van der Waals surface area (Å²) in [5.74, 6) is -0.922. The van der Waals surface area contributed by atoms with Crippen molar-refractivity contribution in [1.82, 2.24) is 14.8 Å². The Labute approximate surface area is 242 Å². The Morgan fingerprint density at radius 3 is 2.26 bits per heavy atom. The fourth-order valence-electron chi connectivity index (χ4n) is 4.56. The van der Waals surface area contributed by atoms with Gasteiger partial charge in [0.05, 0.1) is 29.5 Å². The number of nitrogens with zero attached hydrogens (tertiary/aromatic N) is 3. The highest BCUT2D eigenvalue weighted by Crippen LogP contribution is 2.39. The molecule has 2 aromatic heterocycles. The van der Waals surface area contributed by atoms with Crippen LogP contribution in [0.4, 0.5) is 17.6 Å². The number of hydrogen-bond acceptors (Lipinski definition) is 8. The Morgan fingerprint density at radius 2 is 1.65 bits per heavy atom. The monoisotopic (exact) mass is 617 g/mol. The number of aromatic nitrogens is 3. The number of rotatable bonds is 8. The summed E-state index contributed by atoms with van der Waals surface area (Å²) >= 11 is 0. The van der Waals surface area contributed by atoms with Gasteiger partial charge in [-0.1, -0.05) is 6.07 Å². The fraction of sp³-hybridized carbons (Fsp3) is 0.172. The van der Waals surface area contributed by atoms with Crippen molar-refractivity contribution in [2.75, 3.05) is 6.26 Å². The maximum absolute atomic E-state index is 15.0. The van der Waals surface area contributed by atoms with Crippen molar-refractivity contribution in [2.24, 2.45) is 0 Å². The lowest BCUT2D eigenvalue weighted by molar-refractivity contribution is -0.274. The molecule has 0 aliphatic heterocycles. The van der Waals surface area contributed by atoms with Crippen molar-refractivity contribution in [3.63, 3.8) is 0 Å². The van der Waals surface area contributed by atoms with Gasteiger partial charge >= 0.3 is 6.36 Å². The van der Waals surface area contributed by atoms with E-state index in [0.717, 1.165) is 24.5 Å². The average molecular weight is 618 g/mol. The van der Waals surface area contributed by atoms with Crippen LogP contribution >= 0.6 is 0 Å². The molecule has 0 unspecified atom stereocenters. The first-order valence-corrected chi connectivity index (χ1v) is 14.4. The molecule has 224 valence electrons. The lowest BCUT2D eigenvalue weighted by Gasteiger charge is -2.14. The van der Waals surface area contributed by atoms with E-state index in [2.05, 4.69) is 14.8 Å². The maximum Gasteiger partial charge on any atom is 0.573 e. The molecule has 5 rings (SSSR count). The molecule has 9 nitrogen and oxygen atoms in total. The van der Waals surface area contributed by atoms with E-state index in [1.807, 2.05) is 0 Å². The molecule has 0 saturated heterocycles. The molecule has 0 bridgehead atoms. The van der Waals surface area contributed by atoms with Crippen molar-refractivity contribution in [1.29, 1.82) is 0 Å². The first-order valence-electron chi connectivity index (χ1n) is 12.5. The van der Waals surface area contributed by atoms with E-state index < -0.39 is 34.4 Å². The van der Waals surface area contributed by atoms with Crippen LogP contribution in [0.2, 0.25) is 0 Å². The number of aliphatic hydroxyl groups excluding tert-OH is 2. The van der Waals surface area contributed by atoms with E-state index in [-0.39, 0.29) is 40.0 Å². The predicted octanol–water partition coefficient (Wildman–Crippen LogP) is 5.60. The highest BCUT2D eigenvalue weighted by molar-refractivity contribution is 7.90. The number of hydrogen-bond donors (Lipinski definition) is 2. The van der Waals surface area contributed by atoms with Gasteiger partial charge in [-0.15, -0.1) is 13.2 Å². The smallest absolute Gasteiger partial charge is 0.440 e. The molecule has 43 heavy (non-hydrogen) atoms. The van der Waals surface area contributed by atoms with Crippen molar-refractivity contribution in [2.45, 2.75) is 31.4 Å². The van der Waals surface area contributed by atoms with Crippen LogP contribution in [0, 0.1) is 12.7 Å². The molecule has 2 heterocycles. The van der Waals surface area contributed by atoms with E-state index in [1.54, 1.807) is 37.4 Å².